The number of benzene rings is 2. The van der Waals surface area contributed by atoms with E-state index < -0.39 is 5.97 Å². The summed E-state index contributed by atoms with van der Waals surface area (Å²) in [5, 5.41) is 4.21. The Morgan fingerprint density at radius 2 is 2.00 bits per heavy atom. The van der Waals surface area contributed by atoms with Crippen LogP contribution < -0.4 is 5.32 Å². The maximum absolute atomic E-state index is 12.9. The number of fused-ring (bicyclic) bond motifs is 2. The van der Waals surface area contributed by atoms with Gasteiger partial charge in [-0.1, -0.05) is 41.9 Å². The van der Waals surface area contributed by atoms with E-state index in [4.69, 9.17) is 16.3 Å². The summed E-state index contributed by atoms with van der Waals surface area (Å²) in [5.74, 6) is -0.840. The third-order valence-electron chi connectivity index (χ3n) is 5.18. The van der Waals surface area contributed by atoms with Crippen molar-refractivity contribution in [3.8, 4) is 0 Å². The van der Waals surface area contributed by atoms with Crippen LogP contribution in [0.2, 0.25) is 5.02 Å². The number of ether oxygens (including phenoxy) is 1. The van der Waals surface area contributed by atoms with Crippen LogP contribution in [0, 0.1) is 0 Å². The highest BCUT2D eigenvalue weighted by atomic mass is 35.5. The number of aryl methyl sites for hydroxylation is 1. The number of aromatic nitrogens is 1. The first-order chi connectivity index (χ1) is 14.0. The minimum Gasteiger partial charge on any atom is -0.452 e. The van der Waals surface area contributed by atoms with E-state index in [1.165, 1.54) is 0 Å². The van der Waals surface area contributed by atoms with E-state index in [2.05, 4.69) is 10.3 Å². The molecule has 0 saturated heterocycles. The highest BCUT2D eigenvalue weighted by Crippen LogP contribution is 2.30. The number of nitrogens with zero attached hydrogens (tertiary/aromatic N) is 1. The van der Waals surface area contributed by atoms with E-state index in [1.807, 2.05) is 43.3 Å². The molecule has 29 heavy (non-hydrogen) atoms. The van der Waals surface area contributed by atoms with Crippen LogP contribution in [0.1, 0.15) is 46.6 Å². The van der Waals surface area contributed by atoms with E-state index >= 15 is 0 Å². The minimum atomic E-state index is -0.479. The van der Waals surface area contributed by atoms with Crippen molar-refractivity contribution in [3.05, 3.63) is 75.9 Å². The SMILES string of the molecule is C[C@H](NC(=O)COC(=O)c1c2c(nc3ccccc13)CCC2)c1cccc(Cl)c1. The maximum Gasteiger partial charge on any atom is 0.339 e. The molecule has 1 N–H and O–H groups in total. The summed E-state index contributed by atoms with van der Waals surface area (Å²) in [6.07, 6.45) is 2.63. The number of carbonyl (C=O) groups is 2. The van der Waals surface area contributed by atoms with E-state index in [0.29, 0.717) is 10.6 Å². The molecule has 0 bridgehead atoms. The first-order valence-corrected chi connectivity index (χ1v) is 10.0. The lowest BCUT2D eigenvalue weighted by molar-refractivity contribution is -0.124. The Balaban J connectivity index is 1.47. The molecule has 1 aliphatic rings. The van der Waals surface area contributed by atoms with Crippen LogP contribution in [0.4, 0.5) is 0 Å². The molecule has 3 aromatic rings. The Morgan fingerprint density at radius 3 is 2.83 bits per heavy atom. The van der Waals surface area contributed by atoms with Crippen molar-refractivity contribution in [2.45, 2.75) is 32.2 Å². The van der Waals surface area contributed by atoms with Crippen LogP contribution in [0.15, 0.2) is 48.5 Å². The lowest BCUT2D eigenvalue weighted by atomic mass is 10.0. The molecule has 0 saturated carbocycles. The topological polar surface area (TPSA) is 68.3 Å². The standard InChI is InChI=1S/C23H21ClN2O3/c1-14(15-6-4-7-16(24)12-15)25-21(27)13-29-23(28)22-17-8-2-3-10-19(17)26-20-11-5-9-18(20)22/h2-4,6-8,10,12,14H,5,9,11,13H2,1H3,(H,25,27)/t14-/m0/s1. The zero-order valence-electron chi connectivity index (χ0n) is 16.1. The van der Waals surface area contributed by atoms with Crippen LogP contribution in [0.3, 0.4) is 0 Å². The van der Waals surface area contributed by atoms with Crippen LogP contribution in [0.5, 0.6) is 0 Å². The first-order valence-electron chi connectivity index (χ1n) is 9.65. The van der Waals surface area contributed by atoms with Crippen LogP contribution in [-0.2, 0) is 22.4 Å². The normalized spacial score (nSPS) is 13.7. The van der Waals surface area contributed by atoms with Gasteiger partial charge in [0.05, 0.1) is 17.1 Å². The summed E-state index contributed by atoms with van der Waals surface area (Å²) in [6, 6.07) is 14.6. The number of pyridine rings is 1. The number of hydrogen-bond acceptors (Lipinski definition) is 4. The Hall–Kier alpha value is -2.92. The summed E-state index contributed by atoms with van der Waals surface area (Å²) in [5.41, 5.74) is 4.10. The molecule has 1 atom stereocenters. The number of carbonyl (C=O) groups excluding carboxylic acids is 2. The molecule has 6 heteroatoms. The Kier molecular flexibility index (Phi) is 5.49. The van der Waals surface area contributed by atoms with Crippen molar-refractivity contribution in [1.29, 1.82) is 0 Å². The Morgan fingerprint density at radius 1 is 1.17 bits per heavy atom. The molecule has 1 aromatic heterocycles. The number of amides is 1. The van der Waals surface area contributed by atoms with Gasteiger partial charge in [0.1, 0.15) is 0 Å². The van der Waals surface area contributed by atoms with Gasteiger partial charge >= 0.3 is 5.97 Å². The van der Waals surface area contributed by atoms with Gasteiger partial charge in [0.25, 0.3) is 5.91 Å². The molecule has 1 amide bonds. The lowest BCUT2D eigenvalue weighted by Gasteiger charge is -2.15. The highest BCUT2D eigenvalue weighted by molar-refractivity contribution is 6.30. The molecule has 2 aromatic carbocycles. The highest BCUT2D eigenvalue weighted by Gasteiger charge is 2.25. The van der Waals surface area contributed by atoms with Crippen molar-refractivity contribution < 1.29 is 14.3 Å². The molecule has 0 fully saturated rings. The molecule has 0 spiro atoms. The molecule has 1 heterocycles. The van der Waals surface area contributed by atoms with Gasteiger partial charge in [-0.2, -0.15) is 0 Å². The number of hydrogen-bond donors (Lipinski definition) is 1. The summed E-state index contributed by atoms with van der Waals surface area (Å²) in [6.45, 7) is 1.52. The molecule has 0 radical (unpaired) electrons. The fraction of sp³-hybridized carbons (Fsp3) is 0.261. The zero-order valence-corrected chi connectivity index (χ0v) is 16.8. The van der Waals surface area contributed by atoms with Gasteiger partial charge in [-0.15, -0.1) is 0 Å². The number of halogens is 1. The van der Waals surface area contributed by atoms with Gasteiger partial charge in [-0.3, -0.25) is 9.78 Å². The van der Waals surface area contributed by atoms with E-state index in [0.717, 1.165) is 47.0 Å². The van der Waals surface area contributed by atoms with Crippen LogP contribution in [0.25, 0.3) is 10.9 Å². The average molecular weight is 409 g/mol. The number of nitrogens with one attached hydrogen (secondary N) is 1. The molecule has 0 aliphatic heterocycles. The second kappa shape index (κ2) is 8.21. The van der Waals surface area contributed by atoms with Crippen LogP contribution in [-0.4, -0.2) is 23.5 Å². The van der Waals surface area contributed by atoms with E-state index in [-0.39, 0.29) is 18.6 Å². The van der Waals surface area contributed by atoms with Gasteiger partial charge < -0.3 is 10.1 Å². The lowest BCUT2D eigenvalue weighted by Crippen LogP contribution is -2.31. The minimum absolute atomic E-state index is 0.245. The molecule has 5 nitrogen and oxygen atoms in total. The fourth-order valence-electron chi connectivity index (χ4n) is 3.79. The maximum atomic E-state index is 12.9. The van der Waals surface area contributed by atoms with Gasteiger partial charge in [-0.05, 0) is 55.5 Å². The van der Waals surface area contributed by atoms with Crippen molar-refractivity contribution in [2.24, 2.45) is 0 Å². The largest absolute Gasteiger partial charge is 0.452 e. The molecule has 1 aliphatic carbocycles. The zero-order chi connectivity index (χ0) is 20.4. The van der Waals surface area contributed by atoms with E-state index in [9.17, 15) is 9.59 Å². The second-order valence-corrected chi connectivity index (χ2v) is 7.64. The summed E-state index contributed by atoms with van der Waals surface area (Å²) in [4.78, 5) is 29.9. The molecular weight excluding hydrogens is 388 g/mol. The van der Waals surface area contributed by atoms with Gasteiger partial charge in [0.15, 0.2) is 6.61 Å². The smallest absolute Gasteiger partial charge is 0.339 e. The van der Waals surface area contributed by atoms with Crippen molar-refractivity contribution in [2.75, 3.05) is 6.61 Å². The predicted molar refractivity (Wildman–Crippen MR) is 112 cm³/mol. The third kappa shape index (κ3) is 4.10. The quantitative estimate of drug-likeness (QED) is 0.635. The third-order valence-corrected chi connectivity index (χ3v) is 5.42. The Labute approximate surface area is 174 Å². The number of para-hydroxylation sites is 1. The monoisotopic (exact) mass is 408 g/mol. The van der Waals surface area contributed by atoms with Gasteiger partial charge in [0, 0.05) is 16.1 Å². The summed E-state index contributed by atoms with van der Waals surface area (Å²) in [7, 11) is 0. The molecule has 4 rings (SSSR count). The van der Waals surface area contributed by atoms with Crippen molar-refractivity contribution >= 4 is 34.4 Å². The Bertz CT molecular complexity index is 1100. The van der Waals surface area contributed by atoms with Crippen molar-refractivity contribution in [3.63, 3.8) is 0 Å². The second-order valence-electron chi connectivity index (χ2n) is 7.20. The molecule has 148 valence electrons. The van der Waals surface area contributed by atoms with Gasteiger partial charge in [-0.25, -0.2) is 4.79 Å². The number of rotatable bonds is 5. The average Bonchev–Trinajstić information content (AvgIpc) is 3.18. The van der Waals surface area contributed by atoms with Crippen LogP contribution >= 0.6 is 11.6 Å². The predicted octanol–water partition coefficient (Wildman–Crippen LogP) is 4.41. The summed E-state index contributed by atoms with van der Waals surface area (Å²) >= 11 is 6.00. The van der Waals surface area contributed by atoms with Crippen molar-refractivity contribution in [1.82, 2.24) is 10.3 Å². The first kappa shape index (κ1) is 19.4. The summed E-state index contributed by atoms with van der Waals surface area (Å²) < 4.78 is 5.38. The van der Waals surface area contributed by atoms with E-state index in [1.54, 1.807) is 12.1 Å². The number of esters is 1. The molecular formula is C23H21ClN2O3. The fourth-order valence-corrected chi connectivity index (χ4v) is 3.99. The molecule has 0 unspecified atom stereocenters. The van der Waals surface area contributed by atoms with Gasteiger partial charge in [0.2, 0.25) is 0 Å².